The van der Waals surface area contributed by atoms with Crippen molar-refractivity contribution in [2.45, 2.75) is 31.3 Å². The second kappa shape index (κ2) is 5.16. The molecule has 0 saturated heterocycles. The number of nitrogens with one attached hydrogen (secondary N) is 1. The molecular weight excluding hydrogens is 306 g/mol. The van der Waals surface area contributed by atoms with E-state index in [1.54, 1.807) is 0 Å². The van der Waals surface area contributed by atoms with Gasteiger partial charge in [-0.3, -0.25) is 0 Å². The van der Waals surface area contributed by atoms with Crippen LogP contribution in [0.2, 0.25) is 0 Å². The molecule has 1 fully saturated rings. The van der Waals surface area contributed by atoms with Gasteiger partial charge in [0.05, 0.1) is 0 Å². The van der Waals surface area contributed by atoms with Gasteiger partial charge in [-0.05, 0) is 46.3 Å². The molecule has 1 aliphatic carbocycles. The summed E-state index contributed by atoms with van der Waals surface area (Å²) in [5, 5.41) is 5.86. The SMILES string of the molecule is CC(NC1CC1c1ccccc1)c1sccc1Br. The van der Waals surface area contributed by atoms with Crippen LogP contribution < -0.4 is 5.32 Å². The molecule has 1 N–H and O–H groups in total. The molecule has 1 nitrogen and oxygen atoms in total. The Labute approximate surface area is 120 Å². The zero-order valence-electron chi connectivity index (χ0n) is 10.3. The molecule has 1 aliphatic rings. The lowest BCUT2D eigenvalue weighted by molar-refractivity contribution is 0.569. The highest BCUT2D eigenvalue weighted by atomic mass is 79.9. The fraction of sp³-hybridized carbons (Fsp3) is 0.333. The van der Waals surface area contributed by atoms with E-state index >= 15 is 0 Å². The van der Waals surface area contributed by atoms with Gasteiger partial charge >= 0.3 is 0 Å². The van der Waals surface area contributed by atoms with Gasteiger partial charge in [0.1, 0.15) is 0 Å². The predicted molar refractivity (Wildman–Crippen MR) is 81.2 cm³/mol. The van der Waals surface area contributed by atoms with Crippen LogP contribution in [0.1, 0.15) is 35.7 Å². The lowest BCUT2D eigenvalue weighted by Crippen LogP contribution is -2.21. The van der Waals surface area contributed by atoms with E-state index in [-0.39, 0.29) is 0 Å². The normalized spacial score (nSPS) is 23.9. The van der Waals surface area contributed by atoms with Crippen LogP contribution in [0.4, 0.5) is 0 Å². The Balaban J connectivity index is 1.62. The maximum absolute atomic E-state index is 3.73. The summed E-state index contributed by atoms with van der Waals surface area (Å²) in [7, 11) is 0. The summed E-state index contributed by atoms with van der Waals surface area (Å²) in [6.07, 6.45) is 1.26. The molecule has 0 aliphatic heterocycles. The summed E-state index contributed by atoms with van der Waals surface area (Å²) in [4.78, 5) is 1.40. The molecule has 18 heavy (non-hydrogen) atoms. The van der Waals surface area contributed by atoms with Crippen LogP contribution in [0.3, 0.4) is 0 Å². The fourth-order valence-corrected chi connectivity index (χ4v) is 4.19. The topological polar surface area (TPSA) is 12.0 Å². The number of rotatable bonds is 4. The number of halogens is 1. The maximum atomic E-state index is 3.73. The second-order valence-electron chi connectivity index (χ2n) is 4.88. The highest BCUT2D eigenvalue weighted by molar-refractivity contribution is 9.10. The van der Waals surface area contributed by atoms with Crippen molar-refractivity contribution >= 4 is 27.3 Å². The van der Waals surface area contributed by atoms with Crippen molar-refractivity contribution in [2.24, 2.45) is 0 Å². The van der Waals surface area contributed by atoms with Gasteiger partial charge in [-0.1, -0.05) is 30.3 Å². The Bertz CT molecular complexity index is 522. The first-order valence-corrected chi connectivity index (χ1v) is 7.97. The summed E-state index contributed by atoms with van der Waals surface area (Å²) < 4.78 is 1.23. The van der Waals surface area contributed by atoms with E-state index < -0.39 is 0 Å². The molecule has 0 radical (unpaired) electrons. The Hall–Kier alpha value is -0.640. The van der Waals surface area contributed by atoms with Crippen LogP contribution in [-0.4, -0.2) is 6.04 Å². The van der Waals surface area contributed by atoms with E-state index in [4.69, 9.17) is 0 Å². The van der Waals surface area contributed by atoms with E-state index in [1.807, 2.05) is 11.3 Å². The third kappa shape index (κ3) is 2.53. The Morgan fingerprint density at radius 3 is 2.72 bits per heavy atom. The van der Waals surface area contributed by atoms with E-state index in [9.17, 15) is 0 Å². The fourth-order valence-electron chi connectivity index (χ4n) is 2.46. The molecule has 94 valence electrons. The first-order chi connectivity index (χ1) is 8.75. The number of thiophene rings is 1. The van der Waals surface area contributed by atoms with Gasteiger partial charge < -0.3 is 5.32 Å². The summed E-state index contributed by atoms with van der Waals surface area (Å²) in [5.74, 6) is 0.701. The van der Waals surface area contributed by atoms with Crippen LogP contribution in [0.25, 0.3) is 0 Å². The molecule has 3 heteroatoms. The molecule has 1 aromatic heterocycles. The molecule has 1 heterocycles. The lowest BCUT2D eigenvalue weighted by atomic mass is 10.1. The number of hydrogen-bond donors (Lipinski definition) is 1. The highest BCUT2D eigenvalue weighted by Gasteiger charge is 2.39. The van der Waals surface area contributed by atoms with Crippen LogP contribution in [0.5, 0.6) is 0 Å². The van der Waals surface area contributed by atoms with Crippen molar-refractivity contribution in [1.29, 1.82) is 0 Å². The largest absolute Gasteiger partial charge is 0.306 e. The van der Waals surface area contributed by atoms with Gasteiger partial charge in [0.25, 0.3) is 0 Å². The van der Waals surface area contributed by atoms with Crippen LogP contribution in [0, 0.1) is 0 Å². The average molecular weight is 322 g/mol. The first-order valence-electron chi connectivity index (χ1n) is 6.29. The van der Waals surface area contributed by atoms with Gasteiger partial charge in [0.2, 0.25) is 0 Å². The minimum atomic E-state index is 0.429. The molecule has 1 aromatic carbocycles. The summed E-state index contributed by atoms with van der Waals surface area (Å²) >= 11 is 5.42. The first kappa shape index (κ1) is 12.4. The van der Waals surface area contributed by atoms with Crippen LogP contribution in [0.15, 0.2) is 46.3 Å². The molecule has 3 rings (SSSR count). The average Bonchev–Trinajstić information content (AvgIpc) is 3.01. The zero-order chi connectivity index (χ0) is 12.5. The van der Waals surface area contributed by atoms with E-state index in [2.05, 4.69) is 69.9 Å². The Morgan fingerprint density at radius 2 is 2.06 bits per heavy atom. The molecule has 2 aromatic rings. The van der Waals surface area contributed by atoms with Crippen LogP contribution in [-0.2, 0) is 0 Å². The van der Waals surface area contributed by atoms with Crippen molar-refractivity contribution in [2.75, 3.05) is 0 Å². The minimum Gasteiger partial charge on any atom is -0.306 e. The van der Waals surface area contributed by atoms with Crippen LogP contribution >= 0.6 is 27.3 Å². The van der Waals surface area contributed by atoms with Crippen molar-refractivity contribution in [3.8, 4) is 0 Å². The summed E-state index contributed by atoms with van der Waals surface area (Å²) in [5.41, 5.74) is 1.47. The molecule has 1 saturated carbocycles. The van der Waals surface area contributed by atoms with Gasteiger partial charge in [0, 0.05) is 27.4 Å². The second-order valence-corrected chi connectivity index (χ2v) is 6.68. The van der Waals surface area contributed by atoms with Gasteiger partial charge in [-0.15, -0.1) is 11.3 Å². The molecule has 0 amide bonds. The summed E-state index contributed by atoms with van der Waals surface area (Å²) in [6, 6.07) is 14.0. The Morgan fingerprint density at radius 1 is 1.28 bits per heavy atom. The molecule has 3 unspecified atom stereocenters. The van der Waals surface area contributed by atoms with Gasteiger partial charge in [-0.2, -0.15) is 0 Å². The van der Waals surface area contributed by atoms with Crippen molar-refractivity contribution in [1.82, 2.24) is 5.32 Å². The van der Waals surface area contributed by atoms with Gasteiger partial charge in [0.15, 0.2) is 0 Å². The van der Waals surface area contributed by atoms with E-state index in [0.717, 1.165) is 0 Å². The van der Waals surface area contributed by atoms with Gasteiger partial charge in [-0.25, -0.2) is 0 Å². The number of benzene rings is 1. The zero-order valence-corrected chi connectivity index (χ0v) is 12.7. The molecule has 0 bridgehead atoms. The highest BCUT2D eigenvalue weighted by Crippen LogP contribution is 2.42. The van der Waals surface area contributed by atoms with Crippen molar-refractivity contribution in [3.63, 3.8) is 0 Å². The monoisotopic (exact) mass is 321 g/mol. The Kier molecular flexibility index (Phi) is 3.55. The predicted octanol–water partition coefficient (Wildman–Crippen LogP) is 4.72. The third-order valence-corrected chi connectivity index (χ3v) is 5.57. The minimum absolute atomic E-state index is 0.429. The lowest BCUT2D eigenvalue weighted by Gasteiger charge is -2.13. The standard InChI is InChI=1S/C15H16BrNS/c1-10(15-13(16)7-8-18-15)17-14-9-12(14)11-5-3-2-4-6-11/h2-8,10,12,14,17H,9H2,1H3. The molecule has 0 spiro atoms. The smallest absolute Gasteiger partial charge is 0.0399 e. The maximum Gasteiger partial charge on any atom is 0.0399 e. The van der Waals surface area contributed by atoms with E-state index in [0.29, 0.717) is 18.0 Å². The molecular formula is C15H16BrNS. The van der Waals surface area contributed by atoms with Crippen molar-refractivity contribution in [3.05, 3.63) is 56.7 Å². The summed E-state index contributed by atoms with van der Waals surface area (Å²) in [6.45, 7) is 2.25. The van der Waals surface area contributed by atoms with E-state index in [1.165, 1.54) is 21.3 Å². The third-order valence-electron chi connectivity index (χ3n) is 3.52. The quantitative estimate of drug-likeness (QED) is 0.859. The number of hydrogen-bond acceptors (Lipinski definition) is 2. The van der Waals surface area contributed by atoms with Crippen molar-refractivity contribution < 1.29 is 0 Å². The molecule has 3 atom stereocenters.